The molecule has 0 fully saturated rings. The highest BCUT2D eigenvalue weighted by molar-refractivity contribution is 8.00. The van der Waals surface area contributed by atoms with Crippen molar-refractivity contribution in [3.05, 3.63) is 143 Å². The number of fused-ring (bicyclic) bond motifs is 2. The van der Waals surface area contributed by atoms with Crippen LogP contribution in [0.25, 0.3) is 20.7 Å². The Labute approximate surface area is 332 Å². The number of carbonyl (C=O) groups excluding carboxylic acids is 2. The van der Waals surface area contributed by atoms with Crippen LogP contribution in [0.2, 0.25) is 0 Å². The summed E-state index contributed by atoms with van der Waals surface area (Å²) in [6.45, 7) is 0.193. The monoisotopic (exact) mass is 809 g/mol. The summed E-state index contributed by atoms with van der Waals surface area (Å²) in [5.74, 6) is -1.14. The smallest absolute Gasteiger partial charge is 0.285 e. The largest absolute Gasteiger partial charge is 0.383 e. The van der Waals surface area contributed by atoms with Crippen LogP contribution in [0.15, 0.2) is 121 Å². The number of benzene rings is 4. The molecule has 0 radical (unpaired) electrons. The molecule has 8 rings (SSSR count). The highest BCUT2D eigenvalue weighted by Crippen LogP contribution is 2.39. The first kappa shape index (κ1) is 39.5. The van der Waals surface area contributed by atoms with E-state index >= 15 is 0 Å². The summed E-state index contributed by atoms with van der Waals surface area (Å²) < 4.78 is 64.5. The number of methoxy groups -OCH3 is 2. The van der Waals surface area contributed by atoms with Crippen molar-refractivity contribution in [3.8, 4) is 0 Å². The van der Waals surface area contributed by atoms with Gasteiger partial charge < -0.3 is 25.1 Å². The first-order chi connectivity index (χ1) is 27.6. The van der Waals surface area contributed by atoms with Gasteiger partial charge in [0.25, 0.3) is 31.9 Å². The van der Waals surface area contributed by atoms with Gasteiger partial charge in [0.05, 0.1) is 26.3 Å². The Balaban J connectivity index is 0.000000174. The molecule has 0 saturated heterocycles. The minimum Gasteiger partial charge on any atom is -0.383 e. The molecule has 0 atom stereocenters. The molecular formula is C42H43N5O8S2. The fourth-order valence-electron chi connectivity index (χ4n) is 7.23. The lowest BCUT2D eigenvalue weighted by Crippen LogP contribution is -2.35. The molecule has 5 aromatic rings. The highest BCUT2D eigenvalue weighted by Gasteiger charge is 2.45. The summed E-state index contributed by atoms with van der Waals surface area (Å²) in [5.41, 5.74) is 5.91. The van der Waals surface area contributed by atoms with E-state index < -0.39 is 31.9 Å². The number of rotatable bonds is 12. The molecule has 57 heavy (non-hydrogen) atoms. The molecule has 3 N–H and O–H groups in total. The molecule has 3 aliphatic rings. The van der Waals surface area contributed by atoms with E-state index in [1.54, 1.807) is 60.7 Å². The Bertz CT molecular complexity index is 2590. The van der Waals surface area contributed by atoms with Crippen molar-refractivity contribution in [1.29, 1.82) is 0 Å². The Morgan fingerprint density at radius 1 is 0.649 bits per heavy atom. The molecule has 4 aromatic carbocycles. The van der Waals surface area contributed by atoms with E-state index in [9.17, 15) is 26.4 Å². The van der Waals surface area contributed by atoms with Gasteiger partial charge in [-0.1, -0.05) is 72.8 Å². The molecule has 15 heteroatoms. The van der Waals surface area contributed by atoms with Gasteiger partial charge in [0, 0.05) is 42.7 Å². The summed E-state index contributed by atoms with van der Waals surface area (Å²) in [6.07, 6.45) is 5.97. The molecular weight excluding hydrogens is 767 g/mol. The second kappa shape index (κ2) is 16.8. The van der Waals surface area contributed by atoms with Crippen molar-refractivity contribution in [1.82, 2.24) is 13.6 Å². The van der Waals surface area contributed by atoms with Gasteiger partial charge in [0.1, 0.15) is 21.2 Å². The third kappa shape index (κ3) is 7.83. The zero-order valence-electron chi connectivity index (χ0n) is 31.5. The maximum atomic E-state index is 13.3. The number of aromatic amines is 1. The lowest BCUT2D eigenvalue weighted by molar-refractivity contribution is -0.123. The average molecular weight is 810 g/mol. The molecule has 0 bridgehead atoms. The highest BCUT2D eigenvalue weighted by atomic mass is 32.2. The van der Waals surface area contributed by atoms with E-state index in [4.69, 9.17) is 9.47 Å². The fraction of sp³-hybridized carbons (Fsp3) is 0.238. The number of aromatic nitrogens is 1. The molecule has 0 unspecified atom stereocenters. The summed E-state index contributed by atoms with van der Waals surface area (Å²) in [4.78, 5) is 29.2. The second-order valence-corrected chi connectivity index (χ2v) is 17.2. The third-order valence-corrected chi connectivity index (χ3v) is 13.7. The lowest BCUT2D eigenvalue weighted by Gasteiger charge is -2.20. The number of H-pyrrole nitrogens is 1. The zero-order chi connectivity index (χ0) is 40.2. The topological polar surface area (TPSA) is 167 Å². The number of nitrogens with zero attached hydrogens (tertiary/aromatic N) is 2. The molecule has 13 nitrogen and oxygen atoms in total. The van der Waals surface area contributed by atoms with Crippen LogP contribution in [0.5, 0.6) is 0 Å². The SMILES string of the molecule is COCCN1C(=O)C(Nc2ccc3[nH]ccc3c2)=C(c2ccccc2)S1(=O)=O.COCCN1C(=O)C(Nc2cccc3c2CCCC3)=C(c2ccccc2)S1(=O)=O. The third-order valence-electron chi connectivity index (χ3n) is 9.98. The summed E-state index contributed by atoms with van der Waals surface area (Å²) >= 11 is 0. The molecule has 296 valence electrons. The number of amides is 2. The molecule has 3 heterocycles. The number of hydrogen-bond donors (Lipinski definition) is 3. The van der Waals surface area contributed by atoms with E-state index in [0.29, 0.717) is 16.8 Å². The Morgan fingerprint density at radius 2 is 1.21 bits per heavy atom. The van der Waals surface area contributed by atoms with Crippen LogP contribution in [0.4, 0.5) is 11.4 Å². The van der Waals surface area contributed by atoms with Gasteiger partial charge in [-0.2, -0.15) is 0 Å². The molecule has 0 saturated carbocycles. The molecule has 1 aliphatic carbocycles. The minimum absolute atomic E-state index is 0.0209. The van der Waals surface area contributed by atoms with E-state index in [1.165, 1.54) is 25.3 Å². The number of aryl methyl sites for hydroxylation is 1. The van der Waals surface area contributed by atoms with Gasteiger partial charge >= 0.3 is 0 Å². The van der Waals surface area contributed by atoms with Gasteiger partial charge in [-0.25, -0.2) is 25.4 Å². The maximum Gasteiger partial charge on any atom is 0.285 e. The van der Waals surface area contributed by atoms with Gasteiger partial charge in [-0.05, 0) is 78.3 Å². The van der Waals surface area contributed by atoms with Crippen molar-refractivity contribution in [2.24, 2.45) is 0 Å². The van der Waals surface area contributed by atoms with Crippen molar-refractivity contribution in [3.63, 3.8) is 0 Å². The van der Waals surface area contributed by atoms with Crippen molar-refractivity contribution in [2.45, 2.75) is 25.7 Å². The second-order valence-electron chi connectivity index (χ2n) is 13.6. The number of nitrogens with one attached hydrogen (secondary N) is 3. The van der Waals surface area contributed by atoms with Crippen LogP contribution in [0.3, 0.4) is 0 Å². The Kier molecular flexibility index (Phi) is 11.6. The zero-order valence-corrected chi connectivity index (χ0v) is 33.2. The van der Waals surface area contributed by atoms with Crippen LogP contribution in [-0.4, -0.2) is 82.8 Å². The normalized spacial score (nSPS) is 17.2. The van der Waals surface area contributed by atoms with Crippen LogP contribution in [-0.2, 0) is 52.0 Å². The molecule has 1 aromatic heterocycles. The predicted octanol–water partition coefficient (Wildman–Crippen LogP) is 5.93. The van der Waals surface area contributed by atoms with Crippen molar-refractivity contribution in [2.75, 3.05) is 51.2 Å². The minimum atomic E-state index is -3.99. The Morgan fingerprint density at radius 3 is 1.79 bits per heavy atom. The van der Waals surface area contributed by atoms with Gasteiger partial charge in [-0.15, -0.1) is 0 Å². The lowest BCUT2D eigenvalue weighted by atomic mass is 9.90. The number of hydrogen-bond acceptors (Lipinski definition) is 10. The fourth-order valence-corrected chi connectivity index (χ4v) is 10.6. The number of carbonyl (C=O) groups is 2. The number of ether oxygens (including phenoxy) is 2. The number of sulfonamides is 2. The van der Waals surface area contributed by atoms with Crippen LogP contribution in [0.1, 0.15) is 35.1 Å². The summed E-state index contributed by atoms with van der Waals surface area (Å²) in [6, 6.07) is 30.8. The van der Waals surface area contributed by atoms with Crippen LogP contribution < -0.4 is 10.6 Å². The molecule has 2 aliphatic heterocycles. The molecule has 0 spiro atoms. The summed E-state index contributed by atoms with van der Waals surface area (Å²) in [7, 11) is -5.02. The maximum absolute atomic E-state index is 13.3. The van der Waals surface area contributed by atoms with Gasteiger partial charge in [0.2, 0.25) is 0 Å². The summed E-state index contributed by atoms with van der Waals surface area (Å²) in [5, 5.41) is 7.19. The van der Waals surface area contributed by atoms with Crippen molar-refractivity contribution >= 4 is 63.9 Å². The van der Waals surface area contributed by atoms with E-state index in [0.717, 1.165) is 50.9 Å². The Hall–Kier alpha value is -5.74. The van der Waals surface area contributed by atoms with Crippen molar-refractivity contribution < 1.29 is 35.9 Å². The van der Waals surface area contributed by atoms with Gasteiger partial charge in [-0.3, -0.25) is 9.59 Å². The van der Waals surface area contributed by atoms with E-state index in [-0.39, 0.29) is 47.5 Å². The standard InChI is InChI=1S/C22H24N2O4S.C20H19N3O4S/c1-28-15-14-24-22(25)20(21(29(24,26)27)17-9-3-2-4-10-17)23-19-13-7-11-16-8-5-6-12-18(16)19;1-27-12-11-23-20(24)18(19(28(23,25)26)14-5-3-2-4-6-14)22-16-7-8-17-15(13-16)9-10-21-17/h2-4,7,9-11,13,23H,5-6,8,12,14-15H2,1H3;2-10,13,21-22H,11-12H2,1H3. The van der Waals surface area contributed by atoms with E-state index in [1.807, 2.05) is 42.6 Å². The van der Waals surface area contributed by atoms with Gasteiger partial charge in [0.15, 0.2) is 0 Å². The quantitative estimate of drug-likeness (QED) is 0.138. The van der Waals surface area contributed by atoms with Crippen LogP contribution in [0, 0.1) is 0 Å². The average Bonchev–Trinajstić information content (AvgIpc) is 3.81. The van der Waals surface area contributed by atoms with Crippen LogP contribution >= 0.6 is 0 Å². The first-order valence-corrected chi connectivity index (χ1v) is 21.4. The first-order valence-electron chi connectivity index (χ1n) is 18.5. The number of anilines is 2. The van der Waals surface area contributed by atoms with E-state index in [2.05, 4.69) is 21.7 Å². The predicted molar refractivity (Wildman–Crippen MR) is 220 cm³/mol. The molecule has 2 amide bonds.